The van der Waals surface area contributed by atoms with E-state index in [4.69, 9.17) is 0 Å². The van der Waals surface area contributed by atoms with Gasteiger partial charge in [0.2, 0.25) is 0 Å². The van der Waals surface area contributed by atoms with Gasteiger partial charge in [-0.2, -0.15) is 0 Å². The summed E-state index contributed by atoms with van der Waals surface area (Å²) in [5, 5.41) is 6.70. The first-order valence-corrected chi connectivity index (χ1v) is 9.32. The Bertz CT molecular complexity index is 783. The highest BCUT2D eigenvalue weighted by Crippen LogP contribution is 2.41. The molecule has 4 rings (SSSR count). The zero-order valence-electron chi connectivity index (χ0n) is 15.4. The van der Waals surface area contributed by atoms with E-state index < -0.39 is 0 Å². The van der Waals surface area contributed by atoms with Gasteiger partial charge in [-0.25, -0.2) is 0 Å². The number of anilines is 1. The van der Waals surface area contributed by atoms with Gasteiger partial charge in [0.15, 0.2) is 0 Å². The van der Waals surface area contributed by atoms with E-state index >= 15 is 0 Å². The number of benzene rings is 2. The van der Waals surface area contributed by atoms with Crippen molar-refractivity contribution in [1.29, 1.82) is 0 Å². The number of aryl methyl sites for hydroxylation is 2. The highest BCUT2D eigenvalue weighted by Gasteiger charge is 2.38. The molecule has 2 fully saturated rings. The largest absolute Gasteiger partial charge is 0.322 e. The van der Waals surface area contributed by atoms with E-state index in [0.29, 0.717) is 12.0 Å². The quantitative estimate of drug-likeness (QED) is 0.764. The van der Waals surface area contributed by atoms with E-state index in [9.17, 15) is 4.79 Å². The molecule has 0 heterocycles. The van der Waals surface area contributed by atoms with Gasteiger partial charge in [-0.3, -0.25) is 4.79 Å². The van der Waals surface area contributed by atoms with Crippen molar-refractivity contribution in [3.8, 4) is 0 Å². The van der Waals surface area contributed by atoms with Gasteiger partial charge in [0.1, 0.15) is 0 Å². The standard InChI is InChI=1S/C22H26N2O.ClH/c1-14-3-4-15(2)19(11-14)22(25)24-18-9-7-17(8-10-18)20-12-21(20)23-13-16-5-6-16;/h3-4,7-11,16,20-21,23H,5-6,12-13H2,1-2H3,(H,24,25);1H. The molecule has 0 bridgehead atoms. The second-order valence-electron chi connectivity index (χ2n) is 7.69. The summed E-state index contributed by atoms with van der Waals surface area (Å²) in [5.41, 5.74) is 5.08. The fourth-order valence-electron chi connectivity index (χ4n) is 3.42. The lowest BCUT2D eigenvalue weighted by atomic mass is 10.0. The molecule has 0 saturated heterocycles. The Morgan fingerprint density at radius 2 is 1.81 bits per heavy atom. The molecule has 138 valence electrons. The Balaban J connectivity index is 0.00000196. The molecule has 2 aliphatic carbocycles. The van der Waals surface area contributed by atoms with E-state index in [-0.39, 0.29) is 18.3 Å². The summed E-state index contributed by atoms with van der Waals surface area (Å²) in [6.07, 6.45) is 4.04. The Hall–Kier alpha value is -1.84. The van der Waals surface area contributed by atoms with Crippen LogP contribution in [-0.2, 0) is 0 Å². The summed E-state index contributed by atoms with van der Waals surface area (Å²) in [6, 6.07) is 15.0. The van der Waals surface area contributed by atoms with Gasteiger partial charge in [0, 0.05) is 23.2 Å². The lowest BCUT2D eigenvalue weighted by molar-refractivity contribution is 0.102. The molecule has 2 aromatic carbocycles. The molecule has 1 amide bonds. The molecule has 3 nitrogen and oxygen atoms in total. The Kier molecular flexibility index (Phi) is 5.69. The molecule has 2 aromatic rings. The summed E-state index contributed by atoms with van der Waals surface area (Å²) in [7, 11) is 0. The van der Waals surface area contributed by atoms with Gasteiger partial charge in [0.05, 0.1) is 0 Å². The van der Waals surface area contributed by atoms with E-state index in [2.05, 4.69) is 22.8 Å². The Morgan fingerprint density at radius 1 is 1.08 bits per heavy atom. The number of rotatable bonds is 6. The lowest BCUT2D eigenvalue weighted by Crippen LogP contribution is -2.20. The van der Waals surface area contributed by atoms with Crippen molar-refractivity contribution >= 4 is 24.0 Å². The second-order valence-corrected chi connectivity index (χ2v) is 7.69. The molecule has 2 saturated carbocycles. The van der Waals surface area contributed by atoms with Crippen LogP contribution in [-0.4, -0.2) is 18.5 Å². The van der Waals surface area contributed by atoms with Gasteiger partial charge in [-0.1, -0.05) is 29.8 Å². The maximum Gasteiger partial charge on any atom is 0.255 e. The number of carbonyl (C=O) groups is 1. The average Bonchev–Trinajstić information content (AvgIpc) is 3.50. The molecular weight excluding hydrogens is 344 g/mol. The predicted octanol–water partition coefficient (Wildman–Crippen LogP) is 4.83. The minimum atomic E-state index is -0.0376. The molecule has 2 unspecified atom stereocenters. The van der Waals surface area contributed by atoms with Crippen molar-refractivity contribution in [1.82, 2.24) is 5.32 Å². The van der Waals surface area contributed by atoms with Gasteiger partial charge in [-0.15, -0.1) is 12.4 Å². The first-order chi connectivity index (χ1) is 12.1. The van der Waals surface area contributed by atoms with E-state index in [1.54, 1.807) is 0 Å². The maximum absolute atomic E-state index is 12.5. The van der Waals surface area contributed by atoms with Crippen molar-refractivity contribution in [2.45, 2.75) is 45.1 Å². The summed E-state index contributed by atoms with van der Waals surface area (Å²) in [6.45, 7) is 5.17. The third kappa shape index (κ3) is 4.46. The van der Waals surface area contributed by atoms with Crippen LogP contribution in [0.5, 0.6) is 0 Å². The van der Waals surface area contributed by atoms with Crippen LogP contribution in [0.4, 0.5) is 5.69 Å². The highest BCUT2D eigenvalue weighted by atomic mass is 35.5. The van der Waals surface area contributed by atoms with Gasteiger partial charge in [0.25, 0.3) is 5.91 Å². The second kappa shape index (κ2) is 7.81. The zero-order chi connectivity index (χ0) is 17.4. The van der Waals surface area contributed by atoms with Gasteiger partial charge in [-0.05, 0) is 74.9 Å². The van der Waals surface area contributed by atoms with Crippen molar-refractivity contribution in [2.75, 3.05) is 11.9 Å². The minimum Gasteiger partial charge on any atom is -0.322 e. The van der Waals surface area contributed by atoms with Crippen LogP contribution in [0.15, 0.2) is 42.5 Å². The van der Waals surface area contributed by atoms with Crippen LogP contribution >= 0.6 is 12.4 Å². The van der Waals surface area contributed by atoms with Crippen LogP contribution in [0.1, 0.15) is 52.2 Å². The smallest absolute Gasteiger partial charge is 0.255 e. The van der Waals surface area contributed by atoms with Gasteiger partial charge >= 0.3 is 0 Å². The normalized spacial score (nSPS) is 21.0. The third-order valence-corrected chi connectivity index (χ3v) is 5.39. The van der Waals surface area contributed by atoms with E-state index in [0.717, 1.165) is 28.3 Å². The van der Waals surface area contributed by atoms with Crippen LogP contribution in [0.2, 0.25) is 0 Å². The third-order valence-electron chi connectivity index (χ3n) is 5.39. The molecule has 2 atom stereocenters. The molecule has 0 aromatic heterocycles. The predicted molar refractivity (Wildman–Crippen MR) is 109 cm³/mol. The maximum atomic E-state index is 12.5. The van der Waals surface area contributed by atoms with Gasteiger partial charge < -0.3 is 10.6 Å². The summed E-state index contributed by atoms with van der Waals surface area (Å²) >= 11 is 0. The summed E-state index contributed by atoms with van der Waals surface area (Å²) < 4.78 is 0. The number of halogens is 1. The Labute approximate surface area is 162 Å². The first-order valence-electron chi connectivity index (χ1n) is 9.32. The molecule has 2 N–H and O–H groups in total. The topological polar surface area (TPSA) is 41.1 Å². The summed E-state index contributed by atoms with van der Waals surface area (Å²) in [4.78, 5) is 12.5. The summed E-state index contributed by atoms with van der Waals surface area (Å²) in [5.74, 6) is 1.54. The number of hydrogen-bond acceptors (Lipinski definition) is 2. The molecule has 26 heavy (non-hydrogen) atoms. The van der Waals surface area contributed by atoms with Crippen LogP contribution in [0, 0.1) is 19.8 Å². The van der Waals surface area contributed by atoms with Crippen molar-refractivity contribution in [3.05, 3.63) is 64.7 Å². The first kappa shape index (κ1) is 18.9. The SMILES string of the molecule is Cc1ccc(C)c(C(=O)Nc2ccc(C3CC3NCC3CC3)cc2)c1.Cl. The molecule has 0 spiro atoms. The van der Waals surface area contributed by atoms with Crippen LogP contribution < -0.4 is 10.6 Å². The average molecular weight is 371 g/mol. The molecule has 2 aliphatic rings. The number of hydrogen-bond donors (Lipinski definition) is 2. The van der Waals surface area contributed by atoms with Crippen LogP contribution in [0.25, 0.3) is 0 Å². The van der Waals surface area contributed by atoms with Crippen LogP contribution in [0.3, 0.4) is 0 Å². The molecule has 4 heteroatoms. The lowest BCUT2D eigenvalue weighted by Gasteiger charge is -2.09. The number of nitrogens with one attached hydrogen (secondary N) is 2. The fraction of sp³-hybridized carbons (Fsp3) is 0.409. The van der Waals surface area contributed by atoms with E-state index in [1.165, 1.54) is 31.4 Å². The Morgan fingerprint density at radius 3 is 2.50 bits per heavy atom. The minimum absolute atomic E-state index is 0. The fourth-order valence-corrected chi connectivity index (χ4v) is 3.42. The number of carbonyl (C=O) groups excluding carboxylic acids is 1. The highest BCUT2D eigenvalue weighted by molar-refractivity contribution is 6.05. The zero-order valence-corrected chi connectivity index (χ0v) is 16.2. The molecule has 0 aliphatic heterocycles. The van der Waals surface area contributed by atoms with Crippen molar-refractivity contribution < 1.29 is 4.79 Å². The van der Waals surface area contributed by atoms with Crippen molar-refractivity contribution in [2.24, 2.45) is 5.92 Å². The molecule has 0 radical (unpaired) electrons. The van der Waals surface area contributed by atoms with Crippen molar-refractivity contribution in [3.63, 3.8) is 0 Å². The van der Waals surface area contributed by atoms with E-state index in [1.807, 2.05) is 44.2 Å². The monoisotopic (exact) mass is 370 g/mol. The molecular formula is C22H27ClN2O. The number of amides is 1.